The van der Waals surface area contributed by atoms with Gasteiger partial charge in [-0.3, -0.25) is 9.59 Å². The number of nitrogens with zero attached hydrogens (tertiary/aromatic N) is 2. The maximum Gasteiger partial charge on any atom is 0.219 e. The molecule has 0 aliphatic rings. The summed E-state index contributed by atoms with van der Waals surface area (Å²) in [4.78, 5) is 28.2. The van der Waals surface area contributed by atoms with E-state index in [0.29, 0.717) is 25.8 Å². The second-order valence-electron chi connectivity index (χ2n) is 2.42. The van der Waals surface area contributed by atoms with Crippen LogP contribution in [0.5, 0.6) is 0 Å². The van der Waals surface area contributed by atoms with E-state index in [1.807, 2.05) is 6.92 Å². The average Bonchev–Trinajstić information content (AvgIpc) is 2.19. The van der Waals surface area contributed by atoms with Crippen LogP contribution < -0.4 is 10.6 Å². The first-order valence-corrected chi connectivity index (χ1v) is 4.30. The van der Waals surface area contributed by atoms with Crippen LogP contribution in [0.4, 0.5) is 0 Å². The van der Waals surface area contributed by atoms with E-state index in [4.69, 9.17) is 0 Å². The fourth-order valence-corrected chi connectivity index (χ4v) is 0.776. The summed E-state index contributed by atoms with van der Waals surface area (Å²) in [5.41, 5.74) is 0. The molecule has 0 aliphatic heterocycles. The van der Waals surface area contributed by atoms with Crippen molar-refractivity contribution in [3.05, 3.63) is 0 Å². The van der Waals surface area contributed by atoms with Crippen LogP contribution in [0.25, 0.3) is 0 Å². The third kappa shape index (κ3) is 3.82. The lowest BCUT2D eigenvalue weighted by Gasteiger charge is -2.24. The molecule has 78 valence electrons. The van der Waals surface area contributed by atoms with Crippen molar-refractivity contribution in [3.8, 4) is 0 Å². The van der Waals surface area contributed by atoms with Crippen molar-refractivity contribution in [3.63, 3.8) is 0 Å². The van der Waals surface area contributed by atoms with E-state index in [9.17, 15) is 9.59 Å². The molecule has 0 aromatic rings. The lowest BCUT2D eigenvalue weighted by atomic mass is 10.3. The molecule has 0 aromatic heterocycles. The molecule has 0 aromatic carbocycles. The van der Waals surface area contributed by atoms with Crippen LogP contribution in [0.2, 0.25) is 0 Å². The Bertz CT molecular complexity index is 236. The summed E-state index contributed by atoms with van der Waals surface area (Å²) in [5, 5.41) is 4.79. The minimum atomic E-state index is -1.12. The molecule has 0 bridgehead atoms. The topological polar surface area (TPSA) is 82.9 Å². The number of rotatable bonds is 7. The van der Waals surface area contributed by atoms with E-state index in [0.717, 1.165) is 0 Å². The molecule has 0 heterocycles. The van der Waals surface area contributed by atoms with E-state index in [2.05, 4.69) is 26.6 Å². The van der Waals surface area contributed by atoms with Crippen molar-refractivity contribution in [1.29, 1.82) is 0 Å². The molecule has 0 fully saturated rings. The SMILES string of the molecule is CCN=C=NC(CC)(NC=O)NC=O. The molecule has 6 heteroatoms. The van der Waals surface area contributed by atoms with E-state index >= 15 is 0 Å². The van der Waals surface area contributed by atoms with Crippen molar-refractivity contribution < 1.29 is 9.59 Å². The van der Waals surface area contributed by atoms with Gasteiger partial charge in [0, 0.05) is 13.0 Å². The average molecular weight is 198 g/mol. The van der Waals surface area contributed by atoms with Crippen LogP contribution in [0.3, 0.4) is 0 Å². The molecule has 0 rings (SSSR count). The molecule has 0 radical (unpaired) electrons. The number of nitrogens with one attached hydrogen (secondary N) is 2. The molecule has 0 atom stereocenters. The zero-order chi connectivity index (χ0) is 10.9. The van der Waals surface area contributed by atoms with Crippen molar-refractivity contribution in [2.24, 2.45) is 9.98 Å². The van der Waals surface area contributed by atoms with Crippen molar-refractivity contribution in [1.82, 2.24) is 10.6 Å². The van der Waals surface area contributed by atoms with Gasteiger partial charge in [0.25, 0.3) is 0 Å². The molecule has 6 nitrogen and oxygen atoms in total. The van der Waals surface area contributed by atoms with Gasteiger partial charge in [-0.05, 0) is 6.92 Å². The van der Waals surface area contributed by atoms with Gasteiger partial charge in [0.2, 0.25) is 18.6 Å². The summed E-state index contributed by atoms with van der Waals surface area (Å²) in [6, 6.07) is 2.40. The largest absolute Gasteiger partial charge is 0.317 e. The third-order valence-electron chi connectivity index (χ3n) is 1.58. The van der Waals surface area contributed by atoms with Gasteiger partial charge in [0.05, 0.1) is 6.01 Å². The highest BCUT2D eigenvalue weighted by molar-refractivity contribution is 5.54. The standard InChI is InChI=1S/C8H14N4O2/c1-3-8(11-6-13,12-7-14)10-5-9-4-2/h6-7H,3-4H2,1-2H3,(H,11,13)(H,12,14). The molecule has 0 saturated carbocycles. The Morgan fingerprint density at radius 2 is 1.86 bits per heavy atom. The maximum absolute atomic E-state index is 10.3. The Balaban J connectivity index is 4.72. The number of carbonyl (C=O) groups excluding carboxylic acids is 2. The van der Waals surface area contributed by atoms with Gasteiger partial charge in [-0.2, -0.15) is 4.99 Å². The zero-order valence-corrected chi connectivity index (χ0v) is 8.28. The Morgan fingerprint density at radius 1 is 1.29 bits per heavy atom. The summed E-state index contributed by atoms with van der Waals surface area (Å²) < 4.78 is 0. The fourth-order valence-electron chi connectivity index (χ4n) is 0.776. The summed E-state index contributed by atoms with van der Waals surface area (Å²) in [7, 11) is 0. The minimum absolute atomic E-state index is 0.413. The lowest BCUT2D eigenvalue weighted by Crippen LogP contribution is -2.54. The maximum atomic E-state index is 10.3. The minimum Gasteiger partial charge on any atom is -0.317 e. The molecule has 2 amide bonds. The molecule has 2 N–H and O–H groups in total. The number of amides is 2. The highest BCUT2D eigenvalue weighted by Crippen LogP contribution is 2.04. The Hall–Kier alpha value is -1.68. The number of hydrogen-bond acceptors (Lipinski definition) is 4. The Kier molecular flexibility index (Phi) is 5.98. The summed E-state index contributed by atoms with van der Waals surface area (Å²) >= 11 is 0. The normalized spacial score (nSPS) is 9.57. The lowest BCUT2D eigenvalue weighted by molar-refractivity contribution is -0.114. The predicted octanol–water partition coefficient (Wildman–Crippen LogP) is -0.264. The second kappa shape index (κ2) is 6.80. The molecular weight excluding hydrogens is 184 g/mol. The monoisotopic (exact) mass is 198 g/mol. The van der Waals surface area contributed by atoms with E-state index in [1.54, 1.807) is 6.92 Å². The van der Waals surface area contributed by atoms with Gasteiger partial charge in [0.1, 0.15) is 0 Å². The van der Waals surface area contributed by atoms with Gasteiger partial charge >= 0.3 is 0 Å². The molecule has 0 unspecified atom stereocenters. The fraction of sp³-hybridized carbons (Fsp3) is 0.625. The quantitative estimate of drug-likeness (QED) is 0.335. The van der Waals surface area contributed by atoms with Gasteiger partial charge in [-0.1, -0.05) is 6.92 Å². The summed E-state index contributed by atoms with van der Waals surface area (Å²) in [6.07, 6.45) is 1.35. The summed E-state index contributed by atoms with van der Waals surface area (Å²) in [5.74, 6) is -1.12. The zero-order valence-electron chi connectivity index (χ0n) is 8.28. The highest BCUT2D eigenvalue weighted by atomic mass is 16.1. The number of hydrogen-bond donors (Lipinski definition) is 2. The Morgan fingerprint density at radius 3 is 2.21 bits per heavy atom. The van der Waals surface area contributed by atoms with Gasteiger partial charge in [-0.15, -0.1) is 0 Å². The van der Waals surface area contributed by atoms with Crippen LogP contribution in [0.1, 0.15) is 20.3 Å². The molecular formula is C8H14N4O2. The van der Waals surface area contributed by atoms with Gasteiger partial charge in [-0.25, -0.2) is 4.99 Å². The smallest absolute Gasteiger partial charge is 0.219 e. The first-order chi connectivity index (χ1) is 6.74. The van der Waals surface area contributed by atoms with Crippen LogP contribution in [-0.4, -0.2) is 31.2 Å². The van der Waals surface area contributed by atoms with Crippen molar-refractivity contribution >= 4 is 18.8 Å². The highest BCUT2D eigenvalue weighted by Gasteiger charge is 2.24. The second-order valence-corrected chi connectivity index (χ2v) is 2.42. The van der Waals surface area contributed by atoms with Gasteiger partial charge in [0.15, 0.2) is 0 Å². The first kappa shape index (κ1) is 12.3. The molecule has 0 aliphatic carbocycles. The van der Waals surface area contributed by atoms with E-state index in [1.165, 1.54) is 0 Å². The number of carbonyl (C=O) groups is 2. The van der Waals surface area contributed by atoms with Crippen LogP contribution in [0.15, 0.2) is 9.98 Å². The predicted molar refractivity (Wildman–Crippen MR) is 51.8 cm³/mol. The Labute approximate surface area is 82.5 Å². The van der Waals surface area contributed by atoms with Crippen molar-refractivity contribution in [2.45, 2.75) is 26.1 Å². The molecule has 0 saturated heterocycles. The van der Waals surface area contributed by atoms with Crippen LogP contribution in [0, 0.1) is 0 Å². The van der Waals surface area contributed by atoms with E-state index < -0.39 is 5.79 Å². The van der Waals surface area contributed by atoms with Gasteiger partial charge < -0.3 is 10.6 Å². The molecule has 0 spiro atoms. The van der Waals surface area contributed by atoms with Crippen LogP contribution in [-0.2, 0) is 9.59 Å². The van der Waals surface area contributed by atoms with E-state index in [-0.39, 0.29) is 0 Å². The first-order valence-electron chi connectivity index (χ1n) is 4.30. The summed E-state index contributed by atoms with van der Waals surface area (Å²) in [6.45, 7) is 4.14. The number of aliphatic imine (C=N–C) groups is 2. The van der Waals surface area contributed by atoms with Crippen molar-refractivity contribution in [2.75, 3.05) is 6.54 Å². The third-order valence-corrected chi connectivity index (χ3v) is 1.58. The van der Waals surface area contributed by atoms with Crippen LogP contribution >= 0.6 is 0 Å². The molecule has 14 heavy (non-hydrogen) atoms.